The van der Waals surface area contributed by atoms with E-state index in [1.54, 1.807) is 12.1 Å². The summed E-state index contributed by atoms with van der Waals surface area (Å²) in [6.07, 6.45) is 0. The van der Waals surface area contributed by atoms with Crippen LogP contribution in [0.2, 0.25) is 0 Å². The first-order chi connectivity index (χ1) is 9.51. The van der Waals surface area contributed by atoms with Gasteiger partial charge in [-0.15, -0.1) is 0 Å². The normalized spacial score (nSPS) is 10.2. The molecule has 0 aliphatic carbocycles. The molecule has 0 aromatic heterocycles. The van der Waals surface area contributed by atoms with Crippen molar-refractivity contribution in [1.82, 2.24) is 0 Å². The van der Waals surface area contributed by atoms with Gasteiger partial charge in [0.15, 0.2) is 5.75 Å². The summed E-state index contributed by atoms with van der Waals surface area (Å²) in [7, 11) is 1.37. The molecule has 0 radical (unpaired) electrons. The third-order valence-electron chi connectivity index (χ3n) is 2.45. The Morgan fingerprint density at radius 2 is 1.55 bits per heavy atom. The lowest BCUT2D eigenvalue weighted by Crippen LogP contribution is -2.03. The smallest absolute Gasteiger partial charge is 0.337 e. The van der Waals surface area contributed by atoms with Gasteiger partial charge in [0.2, 0.25) is 0 Å². The molecule has 3 nitrogen and oxygen atoms in total. The standard InChI is InChI=1S/C14H9I3O3/c1-19-14(18)8-6-11(16)13(12(17)7-8)20-10-4-2-9(15)3-5-10/h2-7H,1H3. The van der Waals surface area contributed by atoms with E-state index >= 15 is 0 Å². The number of rotatable bonds is 3. The van der Waals surface area contributed by atoms with Crippen molar-refractivity contribution in [1.29, 1.82) is 0 Å². The summed E-state index contributed by atoms with van der Waals surface area (Å²) in [6.45, 7) is 0. The number of methoxy groups -OCH3 is 1. The molecule has 0 heterocycles. The molecule has 0 bridgehead atoms. The highest BCUT2D eigenvalue weighted by atomic mass is 127. The third kappa shape index (κ3) is 3.97. The zero-order valence-electron chi connectivity index (χ0n) is 10.3. The van der Waals surface area contributed by atoms with Crippen LogP contribution in [0.1, 0.15) is 10.4 Å². The van der Waals surface area contributed by atoms with Gasteiger partial charge in [0.25, 0.3) is 0 Å². The number of hydrogen-bond acceptors (Lipinski definition) is 3. The van der Waals surface area contributed by atoms with Crippen LogP contribution in [-0.4, -0.2) is 13.1 Å². The molecule has 20 heavy (non-hydrogen) atoms. The van der Waals surface area contributed by atoms with Gasteiger partial charge in [0.05, 0.1) is 19.8 Å². The van der Waals surface area contributed by atoms with E-state index in [9.17, 15) is 4.79 Å². The molecule has 104 valence electrons. The first-order valence-corrected chi connectivity index (χ1v) is 8.75. The van der Waals surface area contributed by atoms with Crippen molar-refractivity contribution < 1.29 is 14.3 Å². The fourth-order valence-electron chi connectivity index (χ4n) is 1.51. The molecule has 2 rings (SSSR count). The van der Waals surface area contributed by atoms with Crippen LogP contribution in [-0.2, 0) is 4.74 Å². The van der Waals surface area contributed by atoms with Crippen molar-refractivity contribution in [2.45, 2.75) is 0 Å². The molecule has 0 amide bonds. The van der Waals surface area contributed by atoms with Gasteiger partial charge in [-0.25, -0.2) is 4.79 Å². The highest BCUT2D eigenvalue weighted by molar-refractivity contribution is 14.1. The van der Waals surface area contributed by atoms with Crippen molar-refractivity contribution in [3.05, 3.63) is 52.7 Å². The highest BCUT2D eigenvalue weighted by Gasteiger charge is 2.14. The highest BCUT2D eigenvalue weighted by Crippen LogP contribution is 2.33. The fraction of sp³-hybridized carbons (Fsp3) is 0.0714. The lowest BCUT2D eigenvalue weighted by atomic mass is 10.2. The molecule has 0 aliphatic rings. The van der Waals surface area contributed by atoms with E-state index in [2.05, 4.69) is 67.8 Å². The Hall–Kier alpha value is -0.100. The van der Waals surface area contributed by atoms with E-state index in [0.717, 1.165) is 22.2 Å². The minimum Gasteiger partial charge on any atom is -0.465 e. The number of halogens is 3. The van der Waals surface area contributed by atoms with E-state index in [4.69, 9.17) is 9.47 Å². The van der Waals surface area contributed by atoms with Gasteiger partial charge >= 0.3 is 5.97 Å². The van der Waals surface area contributed by atoms with Crippen molar-refractivity contribution >= 4 is 73.7 Å². The second-order valence-corrected chi connectivity index (χ2v) is 7.39. The number of carbonyl (C=O) groups is 1. The van der Waals surface area contributed by atoms with Crippen LogP contribution in [0.5, 0.6) is 11.5 Å². The Morgan fingerprint density at radius 3 is 2.05 bits per heavy atom. The maximum absolute atomic E-state index is 11.6. The second-order valence-electron chi connectivity index (χ2n) is 3.82. The van der Waals surface area contributed by atoms with Crippen LogP contribution in [0, 0.1) is 10.7 Å². The van der Waals surface area contributed by atoms with E-state index in [-0.39, 0.29) is 5.97 Å². The van der Waals surface area contributed by atoms with E-state index < -0.39 is 0 Å². The zero-order valence-corrected chi connectivity index (χ0v) is 16.8. The molecule has 0 N–H and O–H groups in total. The summed E-state index contributed by atoms with van der Waals surface area (Å²) in [4.78, 5) is 11.6. The van der Waals surface area contributed by atoms with E-state index in [1.807, 2.05) is 24.3 Å². The Bertz CT molecular complexity index is 616. The molecule has 2 aromatic carbocycles. The minimum atomic E-state index is -0.346. The topological polar surface area (TPSA) is 35.5 Å². The van der Waals surface area contributed by atoms with Gasteiger partial charge in [-0.05, 0) is 104 Å². The van der Waals surface area contributed by atoms with Crippen LogP contribution in [0.3, 0.4) is 0 Å². The van der Waals surface area contributed by atoms with Crippen LogP contribution in [0.15, 0.2) is 36.4 Å². The number of carbonyl (C=O) groups excluding carboxylic acids is 1. The Morgan fingerprint density at radius 1 is 1.00 bits per heavy atom. The van der Waals surface area contributed by atoms with Gasteiger partial charge in [-0.1, -0.05) is 0 Å². The Balaban J connectivity index is 2.33. The van der Waals surface area contributed by atoms with Crippen LogP contribution in [0.4, 0.5) is 0 Å². The summed E-state index contributed by atoms with van der Waals surface area (Å²) in [5.74, 6) is 1.17. The quantitative estimate of drug-likeness (QED) is 0.362. The predicted molar refractivity (Wildman–Crippen MR) is 102 cm³/mol. The van der Waals surface area contributed by atoms with E-state index in [1.165, 1.54) is 7.11 Å². The minimum absolute atomic E-state index is 0.346. The number of esters is 1. The second kappa shape index (κ2) is 7.25. The predicted octanol–water partition coefficient (Wildman–Crippen LogP) is 5.08. The van der Waals surface area contributed by atoms with Crippen molar-refractivity contribution in [3.63, 3.8) is 0 Å². The lowest BCUT2D eigenvalue weighted by Gasteiger charge is -2.11. The monoisotopic (exact) mass is 606 g/mol. The molecular formula is C14H9I3O3. The van der Waals surface area contributed by atoms with Crippen LogP contribution < -0.4 is 4.74 Å². The molecule has 0 fully saturated rings. The van der Waals surface area contributed by atoms with Crippen molar-refractivity contribution in [3.8, 4) is 11.5 Å². The maximum atomic E-state index is 11.6. The molecular weight excluding hydrogens is 597 g/mol. The average Bonchev–Trinajstić information content (AvgIpc) is 2.43. The van der Waals surface area contributed by atoms with E-state index in [0.29, 0.717) is 5.56 Å². The summed E-state index contributed by atoms with van der Waals surface area (Å²) in [5.41, 5.74) is 0.524. The largest absolute Gasteiger partial charge is 0.465 e. The maximum Gasteiger partial charge on any atom is 0.337 e. The molecule has 0 aliphatic heterocycles. The van der Waals surface area contributed by atoms with Crippen molar-refractivity contribution in [2.24, 2.45) is 0 Å². The summed E-state index contributed by atoms with van der Waals surface area (Å²) in [6, 6.07) is 11.3. The molecule has 2 aromatic rings. The number of benzene rings is 2. The molecule has 0 saturated carbocycles. The molecule has 0 saturated heterocycles. The molecule has 0 unspecified atom stereocenters. The van der Waals surface area contributed by atoms with Gasteiger partial charge < -0.3 is 9.47 Å². The van der Waals surface area contributed by atoms with Crippen molar-refractivity contribution in [2.75, 3.05) is 7.11 Å². The average molecular weight is 606 g/mol. The van der Waals surface area contributed by atoms with Gasteiger partial charge in [-0.2, -0.15) is 0 Å². The molecule has 0 atom stereocenters. The molecule has 6 heteroatoms. The molecule has 0 spiro atoms. The first kappa shape index (κ1) is 16.3. The number of ether oxygens (including phenoxy) is 2. The summed E-state index contributed by atoms with van der Waals surface area (Å²) < 4.78 is 13.5. The SMILES string of the molecule is COC(=O)c1cc(I)c(Oc2ccc(I)cc2)c(I)c1. The van der Waals surface area contributed by atoms with Crippen LogP contribution in [0.25, 0.3) is 0 Å². The summed E-state index contributed by atoms with van der Waals surface area (Å²) >= 11 is 6.56. The van der Waals surface area contributed by atoms with Gasteiger partial charge in [0.1, 0.15) is 5.75 Å². The Labute approximate surface area is 157 Å². The first-order valence-electron chi connectivity index (χ1n) is 5.52. The third-order valence-corrected chi connectivity index (χ3v) is 4.77. The number of hydrogen-bond donors (Lipinski definition) is 0. The summed E-state index contributed by atoms with van der Waals surface area (Å²) in [5, 5.41) is 0. The fourth-order valence-corrected chi connectivity index (χ4v) is 3.86. The van der Waals surface area contributed by atoms with Gasteiger partial charge in [-0.3, -0.25) is 0 Å². The lowest BCUT2D eigenvalue weighted by molar-refractivity contribution is 0.0600. The van der Waals surface area contributed by atoms with Gasteiger partial charge in [0, 0.05) is 3.57 Å². The zero-order chi connectivity index (χ0) is 14.7. The Kier molecular flexibility index (Phi) is 5.90. The van der Waals surface area contributed by atoms with Crippen LogP contribution >= 0.6 is 67.8 Å².